The summed E-state index contributed by atoms with van der Waals surface area (Å²) >= 11 is 0. The number of carbonyl (C=O) groups excluding carboxylic acids is 2. The van der Waals surface area contributed by atoms with Crippen LogP contribution in [0.15, 0.2) is 12.1 Å². The van der Waals surface area contributed by atoms with Crippen LogP contribution in [0.3, 0.4) is 0 Å². The van der Waals surface area contributed by atoms with Crippen LogP contribution in [0.25, 0.3) is 0 Å². The molecule has 0 saturated carbocycles. The normalized spacial score (nSPS) is 9.65. The van der Waals surface area contributed by atoms with Crippen LogP contribution in [0, 0.1) is 13.8 Å². The molecule has 0 saturated heterocycles. The number of anilines is 1. The van der Waals surface area contributed by atoms with Crippen LogP contribution >= 0.6 is 0 Å². The predicted molar refractivity (Wildman–Crippen MR) is 63.1 cm³/mol. The van der Waals surface area contributed by atoms with Gasteiger partial charge in [0, 0.05) is 0 Å². The van der Waals surface area contributed by atoms with Crippen molar-refractivity contribution < 1.29 is 19.1 Å². The van der Waals surface area contributed by atoms with Gasteiger partial charge < -0.3 is 14.8 Å². The fraction of sp³-hybridized carbons (Fsp3) is 0.333. The highest BCUT2D eigenvalue weighted by Crippen LogP contribution is 2.29. The summed E-state index contributed by atoms with van der Waals surface area (Å²) in [4.78, 5) is 22.4. The molecule has 17 heavy (non-hydrogen) atoms. The van der Waals surface area contributed by atoms with Gasteiger partial charge in [-0.3, -0.25) is 4.79 Å². The van der Waals surface area contributed by atoms with Gasteiger partial charge in [0.1, 0.15) is 5.75 Å². The van der Waals surface area contributed by atoms with Crippen LogP contribution in [-0.2, 0) is 14.3 Å². The van der Waals surface area contributed by atoms with Crippen LogP contribution in [0.4, 0.5) is 5.69 Å². The third kappa shape index (κ3) is 2.96. The maximum Gasteiger partial charge on any atom is 0.396 e. The van der Waals surface area contributed by atoms with Gasteiger partial charge in [-0.1, -0.05) is 6.07 Å². The first kappa shape index (κ1) is 13.0. The van der Waals surface area contributed by atoms with Crippen LogP contribution in [-0.4, -0.2) is 26.1 Å². The average Bonchev–Trinajstić information content (AvgIpc) is 2.30. The molecule has 0 spiro atoms. The Bertz CT molecular complexity index is 454. The van der Waals surface area contributed by atoms with Crippen molar-refractivity contribution in [2.75, 3.05) is 19.5 Å². The van der Waals surface area contributed by atoms with Crippen LogP contribution in [0.1, 0.15) is 11.1 Å². The summed E-state index contributed by atoms with van der Waals surface area (Å²) < 4.78 is 9.48. The van der Waals surface area contributed by atoms with Gasteiger partial charge in [0.05, 0.1) is 19.9 Å². The Kier molecular flexibility index (Phi) is 4.09. The topological polar surface area (TPSA) is 64.6 Å². The Morgan fingerprint density at radius 2 is 1.82 bits per heavy atom. The van der Waals surface area contributed by atoms with E-state index in [1.807, 2.05) is 19.9 Å². The quantitative estimate of drug-likeness (QED) is 0.624. The van der Waals surface area contributed by atoms with Gasteiger partial charge >= 0.3 is 11.9 Å². The molecule has 1 rings (SSSR count). The number of esters is 1. The first-order valence-electron chi connectivity index (χ1n) is 5.04. The number of benzene rings is 1. The Morgan fingerprint density at radius 1 is 1.18 bits per heavy atom. The third-order valence-corrected chi connectivity index (χ3v) is 2.27. The number of methoxy groups -OCH3 is 2. The van der Waals surface area contributed by atoms with Crippen LogP contribution in [0.5, 0.6) is 5.75 Å². The molecule has 0 radical (unpaired) electrons. The van der Waals surface area contributed by atoms with Crippen molar-refractivity contribution in [1.29, 1.82) is 0 Å². The number of nitrogens with one attached hydrogen (secondary N) is 1. The molecule has 0 bridgehead atoms. The number of ether oxygens (including phenoxy) is 2. The van der Waals surface area contributed by atoms with Crippen molar-refractivity contribution in [3.63, 3.8) is 0 Å². The highest BCUT2D eigenvalue weighted by atomic mass is 16.5. The highest BCUT2D eigenvalue weighted by Gasteiger charge is 2.17. The van der Waals surface area contributed by atoms with Gasteiger partial charge in [0.15, 0.2) is 0 Å². The first-order valence-corrected chi connectivity index (χ1v) is 5.04. The fourth-order valence-corrected chi connectivity index (χ4v) is 1.51. The molecule has 0 atom stereocenters. The molecule has 0 unspecified atom stereocenters. The highest BCUT2D eigenvalue weighted by molar-refractivity contribution is 6.37. The van der Waals surface area contributed by atoms with Gasteiger partial charge in [0.2, 0.25) is 0 Å². The smallest absolute Gasteiger partial charge is 0.396 e. The van der Waals surface area contributed by atoms with Crippen LogP contribution < -0.4 is 10.1 Å². The second-order valence-corrected chi connectivity index (χ2v) is 3.60. The molecular weight excluding hydrogens is 222 g/mol. The van der Waals surface area contributed by atoms with E-state index in [0.717, 1.165) is 18.2 Å². The minimum Gasteiger partial charge on any atom is -0.495 e. The second-order valence-electron chi connectivity index (χ2n) is 3.60. The maximum absolute atomic E-state index is 11.4. The van der Waals surface area contributed by atoms with Gasteiger partial charge in [-0.2, -0.15) is 0 Å². The largest absolute Gasteiger partial charge is 0.495 e. The summed E-state index contributed by atoms with van der Waals surface area (Å²) in [5, 5.41) is 2.47. The van der Waals surface area contributed by atoms with E-state index in [9.17, 15) is 9.59 Å². The molecule has 1 aromatic carbocycles. The number of hydrogen-bond acceptors (Lipinski definition) is 4. The van der Waals surface area contributed by atoms with Gasteiger partial charge in [0.25, 0.3) is 0 Å². The zero-order valence-electron chi connectivity index (χ0n) is 10.3. The van der Waals surface area contributed by atoms with E-state index in [1.165, 1.54) is 7.11 Å². The van der Waals surface area contributed by atoms with E-state index in [1.54, 1.807) is 6.07 Å². The lowest BCUT2D eigenvalue weighted by Crippen LogP contribution is -2.24. The van der Waals surface area contributed by atoms with E-state index in [2.05, 4.69) is 10.1 Å². The fourth-order valence-electron chi connectivity index (χ4n) is 1.51. The molecule has 0 aliphatic heterocycles. The zero-order chi connectivity index (χ0) is 13.0. The molecular formula is C12H15NO4. The van der Waals surface area contributed by atoms with Crippen molar-refractivity contribution in [3.8, 4) is 5.75 Å². The number of amides is 1. The summed E-state index contributed by atoms with van der Waals surface area (Å²) in [6.07, 6.45) is 0. The summed E-state index contributed by atoms with van der Waals surface area (Å²) in [6, 6.07) is 3.66. The summed E-state index contributed by atoms with van der Waals surface area (Å²) in [6.45, 7) is 3.74. The molecule has 1 amide bonds. The van der Waals surface area contributed by atoms with Gasteiger partial charge in [-0.05, 0) is 31.0 Å². The van der Waals surface area contributed by atoms with Crippen molar-refractivity contribution in [2.45, 2.75) is 13.8 Å². The molecule has 5 heteroatoms. The molecule has 1 aromatic rings. The molecule has 1 N–H and O–H groups in total. The van der Waals surface area contributed by atoms with Crippen molar-refractivity contribution in [3.05, 3.63) is 23.3 Å². The number of carbonyl (C=O) groups is 2. The molecule has 0 aliphatic carbocycles. The molecule has 0 aromatic heterocycles. The Labute approximate surface area is 99.7 Å². The summed E-state index contributed by atoms with van der Waals surface area (Å²) in [5.74, 6) is -1.25. The van der Waals surface area contributed by atoms with E-state index in [0.29, 0.717) is 11.4 Å². The SMILES string of the molecule is COC(=O)C(=O)Nc1c(C)cc(C)cc1OC. The van der Waals surface area contributed by atoms with E-state index in [4.69, 9.17) is 4.74 Å². The van der Waals surface area contributed by atoms with Gasteiger partial charge in [-0.25, -0.2) is 4.79 Å². The van der Waals surface area contributed by atoms with E-state index >= 15 is 0 Å². The molecule has 0 fully saturated rings. The molecule has 0 aliphatic rings. The summed E-state index contributed by atoms with van der Waals surface area (Å²) in [5.41, 5.74) is 2.31. The lowest BCUT2D eigenvalue weighted by molar-refractivity contribution is -0.150. The first-order chi connectivity index (χ1) is 7.99. The van der Waals surface area contributed by atoms with Crippen molar-refractivity contribution in [2.24, 2.45) is 0 Å². The summed E-state index contributed by atoms with van der Waals surface area (Å²) in [7, 11) is 2.66. The molecule has 0 heterocycles. The van der Waals surface area contributed by atoms with Crippen LogP contribution in [0.2, 0.25) is 0 Å². The predicted octanol–water partition coefficient (Wildman–Crippen LogP) is 1.42. The average molecular weight is 237 g/mol. The van der Waals surface area contributed by atoms with Crippen molar-refractivity contribution in [1.82, 2.24) is 0 Å². The molecule has 92 valence electrons. The maximum atomic E-state index is 11.4. The second kappa shape index (κ2) is 5.34. The third-order valence-electron chi connectivity index (χ3n) is 2.27. The van der Waals surface area contributed by atoms with E-state index < -0.39 is 11.9 Å². The number of aryl methyl sites for hydroxylation is 2. The molecule has 5 nitrogen and oxygen atoms in total. The lowest BCUT2D eigenvalue weighted by atomic mass is 10.1. The Morgan fingerprint density at radius 3 is 2.35 bits per heavy atom. The minimum absolute atomic E-state index is 0.480. The number of hydrogen-bond donors (Lipinski definition) is 1. The standard InChI is InChI=1S/C12H15NO4/c1-7-5-8(2)10(9(6-7)16-3)13-11(14)12(15)17-4/h5-6H,1-4H3,(H,13,14). The van der Waals surface area contributed by atoms with Gasteiger partial charge in [-0.15, -0.1) is 0 Å². The number of rotatable bonds is 2. The lowest BCUT2D eigenvalue weighted by Gasteiger charge is -2.13. The Hall–Kier alpha value is -2.04. The minimum atomic E-state index is -0.938. The monoisotopic (exact) mass is 237 g/mol. The van der Waals surface area contributed by atoms with E-state index in [-0.39, 0.29) is 0 Å². The zero-order valence-corrected chi connectivity index (χ0v) is 10.3. The van der Waals surface area contributed by atoms with Crippen molar-refractivity contribution >= 4 is 17.6 Å². The Balaban J connectivity index is 3.05.